The Bertz CT molecular complexity index is 2500. The summed E-state index contributed by atoms with van der Waals surface area (Å²) in [6.07, 6.45) is 118. The van der Waals surface area contributed by atoms with Crippen LogP contribution in [0, 0.1) is 0 Å². The number of hydrogen-bond donors (Lipinski definition) is 0. The molecule has 0 N–H and O–H groups in total. The summed E-state index contributed by atoms with van der Waals surface area (Å²) < 4.78 is 22.7. The van der Waals surface area contributed by atoms with Crippen molar-refractivity contribution < 1.29 is 42.9 Å². The number of rotatable bonds is 65. The smallest absolute Gasteiger partial charge is 0.306 e. The first-order chi connectivity index (χ1) is 47.6. The zero-order valence-corrected chi connectivity index (χ0v) is 61.3. The van der Waals surface area contributed by atoms with E-state index in [9.17, 15) is 19.5 Å². The van der Waals surface area contributed by atoms with E-state index >= 15 is 0 Å². The molecule has 9 nitrogen and oxygen atoms in total. The van der Waals surface area contributed by atoms with Gasteiger partial charge in [-0.05, 0) is 167 Å². The maximum absolute atomic E-state index is 12.9. The van der Waals surface area contributed by atoms with Crippen LogP contribution < -0.4 is 5.11 Å². The molecule has 0 aliphatic carbocycles. The number of carbonyl (C=O) groups excluding carboxylic acids is 3. The summed E-state index contributed by atoms with van der Waals surface area (Å²) in [5.74, 6) is -2.39. The Morgan fingerprint density at radius 2 is 0.557 bits per heavy atom. The lowest BCUT2D eigenvalue weighted by Gasteiger charge is -2.26. The Hall–Kier alpha value is -6.91. The summed E-state index contributed by atoms with van der Waals surface area (Å²) in [7, 11) is 5.89. The standard InChI is InChI=1S/C88H133NO8/c1-6-8-10-12-14-16-18-20-22-24-26-28-30-32-34-36-38-40-41-42-43-44-45-47-49-51-53-55-57-59-61-63-65-67-69-71-73-75-77-79-86(91)97-84(83-96-88(87(92)93)94-81-80-89(3,4)5)82-95-85(90)78-76-74-72-70-68-66-64-62-60-58-56-54-52-50-48-46-39-37-35-33-31-29-27-25-23-21-19-17-15-13-11-9-7-2/h8-11,14-17,20-23,26-29,32-35,38-40,42-43,45-47,50-53,56-59,63,65,69,71,84,88H,6-7,12-13,18-19,24-25,30-31,36-37,41,44,48-49,54-55,60-62,64,66-68,70,72-83H2,1-5H3/b10-8-,11-9-,16-14-,17-15-,22-20-,23-21-,28-26-,29-27-,34-32-,35-33-,40-38-,43-42-,46-39-,47-45-,52-50-,53-51-,58-56-,59-57-,65-63-,71-69-. The van der Waals surface area contributed by atoms with Gasteiger partial charge in [-0.25, -0.2) is 0 Å². The first kappa shape index (κ1) is 90.1. The number of carbonyl (C=O) groups is 3. The highest BCUT2D eigenvalue weighted by Gasteiger charge is 2.22. The van der Waals surface area contributed by atoms with Gasteiger partial charge in [-0.1, -0.05) is 295 Å². The van der Waals surface area contributed by atoms with Crippen LogP contribution in [-0.4, -0.2) is 82.3 Å². The van der Waals surface area contributed by atoms with E-state index in [0.717, 1.165) is 167 Å². The molecular weight excluding hydrogens is 1200 g/mol. The summed E-state index contributed by atoms with van der Waals surface area (Å²) >= 11 is 0. The fraction of sp³-hybridized carbons (Fsp3) is 0.511. The van der Waals surface area contributed by atoms with E-state index in [1.807, 2.05) is 21.1 Å². The third-order valence-corrected chi connectivity index (χ3v) is 14.6. The molecule has 97 heavy (non-hydrogen) atoms. The Kier molecular flexibility index (Phi) is 69.5. The molecule has 0 amide bonds. The monoisotopic (exact) mass is 1330 g/mol. The van der Waals surface area contributed by atoms with Gasteiger partial charge in [-0.15, -0.1) is 0 Å². The summed E-state index contributed by atoms with van der Waals surface area (Å²) in [5.41, 5.74) is 0. The number of carboxylic acid groups (broad SMARTS) is 1. The summed E-state index contributed by atoms with van der Waals surface area (Å²) in [5, 5.41) is 11.8. The van der Waals surface area contributed by atoms with Gasteiger partial charge in [-0.3, -0.25) is 9.59 Å². The number of hydrogen-bond acceptors (Lipinski definition) is 8. The van der Waals surface area contributed by atoms with Crippen molar-refractivity contribution in [2.24, 2.45) is 0 Å². The van der Waals surface area contributed by atoms with E-state index in [1.165, 1.54) is 25.7 Å². The van der Waals surface area contributed by atoms with Crippen LogP contribution in [0.3, 0.4) is 0 Å². The van der Waals surface area contributed by atoms with Crippen molar-refractivity contribution in [2.45, 2.75) is 245 Å². The minimum absolute atomic E-state index is 0.123. The van der Waals surface area contributed by atoms with Crippen LogP contribution in [0.4, 0.5) is 0 Å². The molecule has 9 heteroatoms. The maximum atomic E-state index is 12.9. The number of likely N-dealkylation sites (N-methyl/N-ethyl adjacent to an activating group) is 1. The van der Waals surface area contributed by atoms with E-state index in [2.05, 4.69) is 257 Å². The quantitative estimate of drug-likeness (QED) is 0.0195. The molecule has 0 saturated heterocycles. The molecule has 0 rings (SSSR count). The largest absolute Gasteiger partial charge is 0.545 e. The van der Waals surface area contributed by atoms with E-state index in [1.54, 1.807) is 0 Å². The summed E-state index contributed by atoms with van der Waals surface area (Å²) in [4.78, 5) is 37.5. The predicted molar refractivity (Wildman–Crippen MR) is 416 cm³/mol. The molecule has 0 aliphatic rings. The van der Waals surface area contributed by atoms with Crippen LogP contribution in [0.2, 0.25) is 0 Å². The molecule has 0 bridgehead atoms. The van der Waals surface area contributed by atoms with Gasteiger partial charge < -0.3 is 33.3 Å². The Morgan fingerprint density at radius 1 is 0.309 bits per heavy atom. The molecule has 0 aromatic rings. The molecule has 0 heterocycles. The minimum atomic E-state index is -1.65. The van der Waals surface area contributed by atoms with Gasteiger partial charge in [0.2, 0.25) is 0 Å². The van der Waals surface area contributed by atoms with Crippen LogP contribution >= 0.6 is 0 Å². The first-order valence-corrected chi connectivity index (χ1v) is 37.2. The van der Waals surface area contributed by atoms with Gasteiger partial charge in [0.25, 0.3) is 0 Å². The number of allylic oxidation sites excluding steroid dienone is 40. The SMILES string of the molecule is CC/C=C\C/C=C\C/C=C\C/C=C\C/C=C\C/C=C\C/C=C\C/C=C\C/C=C\C/C=C\C/C=C\C/C=C\CCCCC(=O)OC(COC(=O)CCCCCCCCCC/C=C\C/C=C\C/C=C\C/C=C\C/C=C\C/C=C\C/C=C\C/C=C\CC)COC(OCC[N+](C)(C)C)C(=O)[O-]. The molecule has 0 saturated carbocycles. The Balaban J connectivity index is 4.30. The molecule has 0 aromatic heterocycles. The third-order valence-electron chi connectivity index (χ3n) is 14.6. The van der Waals surface area contributed by atoms with E-state index < -0.39 is 24.3 Å². The number of nitrogens with zero attached hydrogens (tertiary/aromatic N) is 1. The van der Waals surface area contributed by atoms with Crippen LogP contribution in [-0.2, 0) is 33.3 Å². The zero-order chi connectivity index (χ0) is 70.4. The van der Waals surface area contributed by atoms with Crippen molar-refractivity contribution in [3.8, 4) is 0 Å². The summed E-state index contributed by atoms with van der Waals surface area (Å²) in [6, 6.07) is 0. The molecule has 0 fully saturated rings. The number of esters is 2. The fourth-order valence-electron chi connectivity index (χ4n) is 9.00. The average molecular weight is 1330 g/mol. The second-order valence-corrected chi connectivity index (χ2v) is 24.8. The van der Waals surface area contributed by atoms with Gasteiger partial charge in [0.05, 0.1) is 40.3 Å². The van der Waals surface area contributed by atoms with E-state index in [0.29, 0.717) is 23.9 Å². The molecule has 0 aromatic carbocycles. The average Bonchev–Trinajstić information content (AvgIpc) is 2.39. The van der Waals surface area contributed by atoms with E-state index in [4.69, 9.17) is 18.9 Å². The molecular formula is C88H133NO8. The van der Waals surface area contributed by atoms with Crippen LogP contribution in [0.15, 0.2) is 243 Å². The molecule has 0 radical (unpaired) electrons. The molecule has 538 valence electrons. The van der Waals surface area contributed by atoms with Crippen molar-refractivity contribution >= 4 is 17.9 Å². The second-order valence-electron chi connectivity index (χ2n) is 24.8. The van der Waals surface area contributed by atoms with Crippen LogP contribution in [0.25, 0.3) is 0 Å². The van der Waals surface area contributed by atoms with Crippen LogP contribution in [0.5, 0.6) is 0 Å². The lowest BCUT2D eigenvalue weighted by atomic mass is 10.1. The molecule has 2 atom stereocenters. The van der Waals surface area contributed by atoms with Crippen molar-refractivity contribution in [1.29, 1.82) is 0 Å². The Labute approximate surface area is 592 Å². The number of ether oxygens (including phenoxy) is 4. The lowest BCUT2D eigenvalue weighted by molar-refractivity contribution is -0.870. The predicted octanol–water partition coefficient (Wildman–Crippen LogP) is 22.7. The summed E-state index contributed by atoms with van der Waals surface area (Å²) in [6.45, 7) is 4.42. The maximum Gasteiger partial charge on any atom is 0.306 e. The third kappa shape index (κ3) is 76.3. The van der Waals surface area contributed by atoms with Crippen molar-refractivity contribution in [2.75, 3.05) is 47.5 Å². The minimum Gasteiger partial charge on any atom is -0.545 e. The van der Waals surface area contributed by atoms with Crippen LogP contribution in [0.1, 0.15) is 232 Å². The number of carboxylic acids is 1. The normalized spacial score (nSPS) is 14.1. The van der Waals surface area contributed by atoms with Gasteiger partial charge in [0, 0.05) is 12.8 Å². The highest BCUT2D eigenvalue weighted by Crippen LogP contribution is 2.14. The first-order valence-electron chi connectivity index (χ1n) is 37.2. The Morgan fingerprint density at radius 3 is 0.845 bits per heavy atom. The lowest BCUT2D eigenvalue weighted by Crippen LogP contribution is -2.44. The van der Waals surface area contributed by atoms with Gasteiger partial charge >= 0.3 is 11.9 Å². The van der Waals surface area contributed by atoms with Gasteiger partial charge in [0.1, 0.15) is 13.2 Å². The van der Waals surface area contributed by atoms with Gasteiger partial charge in [0.15, 0.2) is 12.4 Å². The highest BCUT2D eigenvalue weighted by molar-refractivity contribution is 5.70. The highest BCUT2D eigenvalue weighted by atomic mass is 16.7. The zero-order valence-electron chi connectivity index (χ0n) is 61.3. The van der Waals surface area contributed by atoms with Gasteiger partial charge in [-0.2, -0.15) is 0 Å². The topological polar surface area (TPSA) is 111 Å². The number of unbranched alkanes of at least 4 members (excludes halogenated alkanes) is 10. The van der Waals surface area contributed by atoms with Crippen molar-refractivity contribution in [1.82, 2.24) is 0 Å². The fourth-order valence-corrected chi connectivity index (χ4v) is 9.00. The number of aliphatic carboxylic acids is 1. The number of quaternary nitrogens is 1. The van der Waals surface area contributed by atoms with Crippen molar-refractivity contribution in [3.63, 3.8) is 0 Å². The van der Waals surface area contributed by atoms with Crippen molar-refractivity contribution in [3.05, 3.63) is 243 Å². The molecule has 0 spiro atoms. The molecule has 2 unspecified atom stereocenters. The second kappa shape index (κ2) is 74.9. The van der Waals surface area contributed by atoms with E-state index in [-0.39, 0.29) is 38.6 Å². The molecule has 0 aliphatic heterocycles.